The molecule has 2 rings (SSSR count). The van der Waals surface area contributed by atoms with E-state index in [9.17, 15) is 27.9 Å². The van der Waals surface area contributed by atoms with E-state index < -0.39 is 35.7 Å². The summed E-state index contributed by atoms with van der Waals surface area (Å²) in [5.74, 6) is -1.89. The summed E-state index contributed by atoms with van der Waals surface area (Å²) < 4.78 is 37.8. The quantitative estimate of drug-likeness (QED) is 0.696. The molecule has 0 aromatic heterocycles. The number of nitrogens with two attached hydrogens (primary N) is 1. The van der Waals surface area contributed by atoms with Gasteiger partial charge in [-0.1, -0.05) is 30.3 Å². The van der Waals surface area contributed by atoms with E-state index >= 15 is 0 Å². The molecule has 0 fully saturated rings. The Hall–Kier alpha value is -3.38. The van der Waals surface area contributed by atoms with Gasteiger partial charge in [-0.25, -0.2) is 0 Å². The van der Waals surface area contributed by atoms with E-state index in [4.69, 9.17) is 11.0 Å². The highest BCUT2D eigenvalue weighted by atomic mass is 19.4. The number of hydrogen-bond donors (Lipinski definition) is 3. The van der Waals surface area contributed by atoms with Gasteiger partial charge in [-0.3, -0.25) is 9.59 Å². The molecule has 0 unspecified atom stereocenters. The zero-order chi connectivity index (χ0) is 20.9. The first-order valence-electron chi connectivity index (χ1n) is 8.06. The molecule has 0 saturated heterocycles. The van der Waals surface area contributed by atoms with Crippen molar-refractivity contribution in [3.8, 4) is 6.07 Å². The van der Waals surface area contributed by atoms with E-state index in [2.05, 4.69) is 5.32 Å². The molecule has 28 heavy (non-hydrogen) atoms. The molecular formula is C19H16F3N3O3. The van der Waals surface area contributed by atoms with E-state index in [0.717, 1.165) is 24.3 Å². The van der Waals surface area contributed by atoms with Crippen molar-refractivity contribution in [2.24, 2.45) is 5.73 Å². The monoisotopic (exact) mass is 391 g/mol. The maximum absolute atomic E-state index is 12.6. The highest BCUT2D eigenvalue weighted by Gasteiger charge is 2.31. The minimum absolute atomic E-state index is 0.0776. The Labute approximate surface area is 158 Å². The van der Waals surface area contributed by atoms with E-state index in [1.165, 1.54) is 6.07 Å². The van der Waals surface area contributed by atoms with E-state index in [1.807, 2.05) is 6.07 Å². The molecule has 6 nitrogen and oxygen atoms in total. The second kappa shape index (κ2) is 8.54. The van der Waals surface area contributed by atoms with Gasteiger partial charge in [0.25, 0.3) is 5.91 Å². The fourth-order valence-corrected chi connectivity index (χ4v) is 2.51. The number of alkyl halides is 3. The first-order chi connectivity index (χ1) is 13.1. The summed E-state index contributed by atoms with van der Waals surface area (Å²) in [4.78, 5) is 23.9. The highest BCUT2D eigenvalue weighted by molar-refractivity contribution is 5.89. The molecule has 2 aromatic carbocycles. The molecule has 0 aliphatic heterocycles. The molecule has 0 spiro atoms. The summed E-state index contributed by atoms with van der Waals surface area (Å²) in [7, 11) is 0. The zero-order valence-corrected chi connectivity index (χ0v) is 14.4. The molecule has 4 N–H and O–H groups in total. The number of nitrogens with zero attached hydrogens (tertiary/aromatic N) is 1. The van der Waals surface area contributed by atoms with E-state index in [-0.39, 0.29) is 12.0 Å². The van der Waals surface area contributed by atoms with Crippen LogP contribution in [-0.2, 0) is 22.2 Å². The third-order valence-corrected chi connectivity index (χ3v) is 4.02. The number of nitrogens with one attached hydrogen (secondary N) is 1. The van der Waals surface area contributed by atoms with Crippen molar-refractivity contribution >= 4 is 11.8 Å². The third kappa shape index (κ3) is 5.08. The second-order valence-electron chi connectivity index (χ2n) is 5.96. The van der Waals surface area contributed by atoms with Gasteiger partial charge < -0.3 is 16.2 Å². The lowest BCUT2D eigenvalue weighted by Crippen LogP contribution is -2.47. The number of halogens is 3. The van der Waals surface area contributed by atoms with Crippen molar-refractivity contribution in [3.05, 3.63) is 70.8 Å². The van der Waals surface area contributed by atoms with Crippen molar-refractivity contribution < 1.29 is 27.9 Å². The van der Waals surface area contributed by atoms with Crippen molar-refractivity contribution in [2.75, 3.05) is 0 Å². The van der Waals surface area contributed by atoms with Crippen molar-refractivity contribution in [1.29, 1.82) is 5.26 Å². The Balaban J connectivity index is 2.13. The Kier molecular flexibility index (Phi) is 6.38. The number of benzene rings is 2. The number of nitriles is 1. The van der Waals surface area contributed by atoms with Gasteiger partial charge in [0.2, 0.25) is 5.91 Å². The molecule has 2 aromatic rings. The van der Waals surface area contributed by atoms with E-state index in [1.54, 1.807) is 18.2 Å². The minimum atomic E-state index is -4.54. The summed E-state index contributed by atoms with van der Waals surface area (Å²) in [6.45, 7) is 0. The van der Waals surface area contributed by atoms with Gasteiger partial charge in [0, 0.05) is 6.42 Å². The lowest BCUT2D eigenvalue weighted by Gasteiger charge is -2.19. The number of amides is 2. The lowest BCUT2D eigenvalue weighted by atomic mass is 10.00. The summed E-state index contributed by atoms with van der Waals surface area (Å²) in [6.07, 6.45) is -6.42. The Morgan fingerprint density at radius 2 is 1.75 bits per heavy atom. The molecule has 0 heterocycles. The molecule has 146 valence electrons. The van der Waals surface area contributed by atoms with Crippen LogP contribution in [0, 0.1) is 11.3 Å². The predicted octanol–water partition coefficient (Wildman–Crippen LogP) is 1.82. The third-order valence-electron chi connectivity index (χ3n) is 4.02. The number of primary amides is 1. The van der Waals surface area contributed by atoms with Crippen LogP contribution in [-0.4, -0.2) is 23.0 Å². The molecule has 2 amide bonds. The Morgan fingerprint density at radius 3 is 2.29 bits per heavy atom. The molecule has 0 saturated carbocycles. The smallest absolute Gasteiger partial charge is 0.378 e. The SMILES string of the molecule is N#Cc1ccccc1C[C@@H](NC(=O)[C@H](O)c1ccc(C(F)(F)F)cc1)C(N)=O. The average molecular weight is 391 g/mol. The maximum atomic E-state index is 12.6. The Morgan fingerprint density at radius 1 is 1.14 bits per heavy atom. The molecular weight excluding hydrogens is 375 g/mol. The van der Waals surface area contributed by atoms with Crippen LogP contribution in [0.15, 0.2) is 48.5 Å². The fourth-order valence-electron chi connectivity index (χ4n) is 2.51. The van der Waals surface area contributed by atoms with Crippen LogP contribution in [0.3, 0.4) is 0 Å². The summed E-state index contributed by atoms with van der Waals surface area (Å²) in [6, 6.07) is 10.6. The number of rotatable bonds is 6. The number of aliphatic hydroxyl groups excluding tert-OH is 1. The molecule has 9 heteroatoms. The van der Waals surface area contributed by atoms with Gasteiger partial charge in [0.15, 0.2) is 6.10 Å². The maximum Gasteiger partial charge on any atom is 0.416 e. The van der Waals surface area contributed by atoms with Crippen LogP contribution < -0.4 is 11.1 Å². The van der Waals surface area contributed by atoms with Crippen LogP contribution in [0.5, 0.6) is 0 Å². The molecule has 0 bridgehead atoms. The normalized spacial score (nSPS) is 13.2. The van der Waals surface area contributed by atoms with Gasteiger partial charge in [-0.15, -0.1) is 0 Å². The van der Waals surface area contributed by atoms with Gasteiger partial charge in [-0.05, 0) is 29.3 Å². The minimum Gasteiger partial charge on any atom is -0.378 e. The number of carbonyl (C=O) groups is 2. The summed E-state index contributed by atoms with van der Waals surface area (Å²) >= 11 is 0. The number of aliphatic hydroxyl groups is 1. The van der Waals surface area contributed by atoms with Crippen molar-refractivity contribution in [2.45, 2.75) is 24.7 Å². The number of hydrogen-bond acceptors (Lipinski definition) is 4. The molecule has 0 aliphatic rings. The van der Waals surface area contributed by atoms with Crippen LogP contribution in [0.1, 0.15) is 28.4 Å². The predicted molar refractivity (Wildman–Crippen MR) is 92.4 cm³/mol. The molecule has 0 radical (unpaired) electrons. The summed E-state index contributed by atoms with van der Waals surface area (Å²) in [5, 5.41) is 21.4. The largest absolute Gasteiger partial charge is 0.416 e. The van der Waals surface area contributed by atoms with Gasteiger partial charge in [0.1, 0.15) is 6.04 Å². The molecule has 2 atom stereocenters. The number of carbonyl (C=O) groups excluding carboxylic acids is 2. The van der Waals surface area contributed by atoms with Crippen LogP contribution >= 0.6 is 0 Å². The fraction of sp³-hybridized carbons (Fsp3) is 0.211. The van der Waals surface area contributed by atoms with Crippen molar-refractivity contribution in [1.82, 2.24) is 5.32 Å². The Bertz CT molecular complexity index is 905. The standard InChI is InChI=1S/C19H16F3N3O3/c20-19(21,22)14-7-5-11(6-8-14)16(26)18(28)25-15(17(24)27)9-12-3-1-2-4-13(12)10-23/h1-8,15-16,26H,9H2,(H2,24,27)(H,25,28)/t15-,16-/m1/s1. The first-order valence-corrected chi connectivity index (χ1v) is 8.06. The topological polar surface area (TPSA) is 116 Å². The van der Waals surface area contributed by atoms with Gasteiger partial charge in [0.05, 0.1) is 17.2 Å². The lowest BCUT2D eigenvalue weighted by molar-refractivity contribution is -0.137. The van der Waals surface area contributed by atoms with Crippen LogP contribution in [0.4, 0.5) is 13.2 Å². The van der Waals surface area contributed by atoms with Crippen LogP contribution in [0.2, 0.25) is 0 Å². The highest BCUT2D eigenvalue weighted by Crippen LogP contribution is 2.30. The van der Waals surface area contributed by atoms with Gasteiger partial charge >= 0.3 is 6.18 Å². The average Bonchev–Trinajstić information content (AvgIpc) is 2.66. The van der Waals surface area contributed by atoms with Crippen LogP contribution in [0.25, 0.3) is 0 Å². The summed E-state index contributed by atoms with van der Waals surface area (Å²) in [5.41, 5.74) is 5.05. The van der Waals surface area contributed by atoms with Gasteiger partial charge in [-0.2, -0.15) is 18.4 Å². The first kappa shape index (κ1) is 20.9. The zero-order valence-electron chi connectivity index (χ0n) is 14.4. The van der Waals surface area contributed by atoms with Crippen molar-refractivity contribution in [3.63, 3.8) is 0 Å². The van der Waals surface area contributed by atoms with E-state index in [0.29, 0.717) is 11.1 Å². The molecule has 0 aliphatic carbocycles. The second-order valence-corrected chi connectivity index (χ2v) is 5.96.